The quantitative estimate of drug-likeness (QED) is 0.629. The Labute approximate surface area is 179 Å². The van der Waals surface area contributed by atoms with Gasteiger partial charge in [0.15, 0.2) is 5.82 Å². The second-order valence-corrected chi connectivity index (χ2v) is 6.97. The van der Waals surface area contributed by atoms with Crippen molar-refractivity contribution in [2.75, 3.05) is 26.6 Å². The second-order valence-electron chi connectivity index (χ2n) is 6.97. The molecule has 2 heterocycles. The minimum atomic E-state index is -0.617. The summed E-state index contributed by atoms with van der Waals surface area (Å²) in [4.78, 5) is 17.0. The van der Waals surface area contributed by atoms with E-state index >= 15 is 0 Å². The lowest BCUT2D eigenvalue weighted by Crippen LogP contribution is -2.32. The van der Waals surface area contributed by atoms with Crippen molar-refractivity contribution in [2.24, 2.45) is 5.73 Å². The van der Waals surface area contributed by atoms with Crippen molar-refractivity contribution in [3.8, 4) is 28.6 Å². The summed E-state index contributed by atoms with van der Waals surface area (Å²) in [5.74, 6) is 2.36. The molecule has 1 unspecified atom stereocenters. The van der Waals surface area contributed by atoms with E-state index in [4.69, 9.17) is 25.0 Å². The van der Waals surface area contributed by atoms with Crippen LogP contribution in [-0.2, 0) is 4.79 Å². The molecule has 4 rings (SSSR count). The molecule has 0 radical (unpaired) electrons. The van der Waals surface area contributed by atoms with Gasteiger partial charge in [0.2, 0.25) is 11.9 Å². The molecule has 1 aliphatic heterocycles. The number of amides is 1. The van der Waals surface area contributed by atoms with E-state index in [-0.39, 0.29) is 0 Å². The lowest BCUT2D eigenvalue weighted by atomic mass is 9.94. The minimum Gasteiger partial charge on any atom is -0.497 e. The van der Waals surface area contributed by atoms with Gasteiger partial charge >= 0.3 is 0 Å². The molecule has 1 aliphatic rings. The fourth-order valence-corrected chi connectivity index (χ4v) is 3.66. The molecule has 1 amide bonds. The summed E-state index contributed by atoms with van der Waals surface area (Å²) in [6.45, 7) is 1.79. The molecule has 9 nitrogen and oxygen atoms in total. The zero-order valence-corrected chi connectivity index (χ0v) is 17.7. The third-order valence-electron chi connectivity index (χ3n) is 5.20. The number of hydrogen-bond donors (Lipinski definition) is 2. The number of primary amides is 1. The van der Waals surface area contributed by atoms with Crippen molar-refractivity contribution in [2.45, 2.75) is 13.0 Å². The Hall–Kier alpha value is -4.01. The molecule has 0 saturated carbocycles. The number of nitrogens with zero attached hydrogens (tertiary/aromatic N) is 3. The molecule has 0 bridgehead atoms. The Morgan fingerprint density at radius 3 is 2.32 bits per heavy atom. The average Bonchev–Trinajstić information content (AvgIpc) is 3.21. The van der Waals surface area contributed by atoms with E-state index in [0.717, 1.165) is 11.3 Å². The van der Waals surface area contributed by atoms with Crippen LogP contribution in [0, 0.1) is 0 Å². The number of rotatable bonds is 6. The molecule has 3 N–H and O–H groups in total. The van der Waals surface area contributed by atoms with Gasteiger partial charge in [0.1, 0.15) is 23.3 Å². The first-order chi connectivity index (χ1) is 15.0. The summed E-state index contributed by atoms with van der Waals surface area (Å²) < 4.78 is 17.8. The highest BCUT2D eigenvalue weighted by Gasteiger charge is 2.35. The van der Waals surface area contributed by atoms with Gasteiger partial charge in [-0.15, -0.1) is 5.10 Å². The highest BCUT2D eigenvalue weighted by atomic mass is 16.5. The third kappa shape index (κ3) is 3.54. The largest absolute Gasteiger partial charge is 0.497 e. The summed E-state index contributed by atoms with van der Waals surface area (Å²) in [5.41, 5.74) is 8.27. The van der Waals surface area contributed by atoms with Gasteiger partial charge in [0.05, 0.1) is 26.9 Å². The lowest BCUT2D eigenvalue weighted by molar-refractivity contribution is -0.115. The van der Waals surface area contributed by atoms with Crippen molar-refractivity contribution in [1.82, 2.24) is 14.8 Å². The monoisotopic (exact) mass is 421 g/mol. The number of aromatic nitrogens is 3. The van der Waals surface area contributed by atoms with Crippen LogP contribution in [0.2, 0.25) is 0 Å². The Kier molecular flexibility index (Phi) is 5.24. The van der Waals surface area contributed by atoms with E-state index in [1.165, 1.54) is 0 Å². The molecule has 1 atom stereocenters. The number of hydrogen-bond acceptors (Lipinski definition) is 7. The maximum atomic E-state index is 12.4. The number of anilines is 1. The molecular formula is C22H23N5O4. The number of fused-ring (bicyclic) bond motifs is 1. The number of allylic oxidation sites excluding steroid dienone is 1. The standard InChI is InChI=1S/C22H23N5O4/c1-12-18(20(23)28)19(16-10-9-15(30-3)11-17(16)31-4)27-22(24-12)25-21(26-27)13-5-7-14(29-2)8-6-13/h5-11,19H,1-4H3,(H2,23,28)(H,24,25,26). The minimum absolute atomic E-state index is 0.377. The van der Waals surface area contributed by atoms with Crippen LogP contribution in [0.1, 0.15) is 18.5 Å². The number of benzene rings is 2. The van der Waals surface area contributed by atoms with Crippen molar-refractivity contribution >= 4 is 11.9 Å². The number of ether oxygens (including phenoxy) is 3. The highest BCUT2D eigenvalue weighted by Crippen LogP contribution is 2.40. The summed E-state index contributed by atoms with van der Waals surface area (Å²) in [7, 11) is 4.75. The summed E-state index contributed by atoms with van der Waals surface area (Å²) in [6.07, 6.45) is 0. The summed E-state index contributed by atoms with van der Waals surface area (Å²) in [5, 5.41) is 7.83. The SMILES string of the molecule is COc1ccc(-c2nc3n(n2)C(c2ccc(OC)cc2OC)C(C(N)=O)=C(C)N3)cc1. The Bertz CT molecular complexity index is 1170. The Morgan fingerprint density at radius 1 is 1.03 bits per heavy atom. The van der Waals surface area contributed by atoms with E-state index < -0.39 is 11.9 Å². The van der Waals surface area contributed by atoms with Crippen LogP contribution < -0.4 is 25.3 Å². The van der Waals surface area contributed by atoms with Gasteiger partial charge in [-0.25, -0.2) is 4.68 Å². The maximum Gasteiger partial charge on any atom is 0.248 e. The number of carbonyl (C=O) groups is 1. The van der Waals surface area contributed by atoms with Crippen molar-refractivity contribution in [3.05, 3.63) is 59.3 Å². The molecule has 3 aromatic rings. The fraction of sp³-hybridized carbons (Fsp3) is 0.227. The van der Waals surface area contributed by atoms with Gasteiger partial charge in [0, 0.05) is 22.9 Å². The lowest BCUT2D eigenvalue weighted by Gasteiger charge is -2.28. The third-order valence-corrected chi connectivity index (χ3v) is 5.20. The number of methoxy groups -OCH3 is 3. The van der Waals surface area contributed by atoms with Crippen LogP contribution in [0.15, 0.2) is 53.7 Å². The highest BCUT2D eigenvalue weighted by molar-refractivity contribution is 5.95. The van der Waals surface area contributed by atoms with Crippen LogP contribution in [0.3, 0.4) is 0 Å². The van der Waals surface area contributed by atoms with Crippen LogP contribution in [-0.4, -0.2) is 42.0 Å². The van der Waals surface area contributed by atoms with E-state index in [1.54, 1.807) is 45.1 Å². The fourth-order valence-electron chi connectivity index (χ4n) is 3.66. The molecule has 31 heavy (non-hydrogen) atoms. The topological polar surface area (TPSA) is 114 Å². The zero-order valence-electron chi connectivity index (χ0n) is 17.7. The number of nitrogens with one attached hydrogen (secondary N) is 1. The molecule has 0 spiro atoms. The average molecular weight is 421 g/mol. The second kappa shape index (κ2) is 8.02. The summed E-state index contributed by atoms with van der Waals surface area (Å²) in [6, 6.07) is 12.2. The zero-order chi connectivity index (χ0) is 22.1. The van der Waals surface area contributed by atoms with Crippen molar-refractivity contribution < 1.29 is 19.0 Å². The van der Waals surface area contributed by atoms with Gasteiger partial charge in [-0.1, -0.05) is 0 Å². The van der Waals surface area contributed by atoms with E-state index in [0.29, 0.717) is 40.1 Å². The number of carbonyl (C=O) groups excluding carboxylic acids is 1. The Morgan fingerprint density at radius 2 is 1.71 bits per heavy atom. The van der Waals surface area contributed by atoms with Crippen LogP contribution in [0.25, 0.3) is 11.4 Å². The van der Waals surface area contributed by atoms with Crippen LogP contribution >= 0.6 is 0 Å². The van der Waals surface area contributed by atoms with Gasteiger partial charge in [-0.2, -0.15) is 4.98 Å². The van der Waals surface area contributed by atoms with Crippen molar-refractivity contribution in [1.29, 1.82) is 0 Å². The molecule has 0 aliphatic carbocycles. The van der Waals surface area contributed by atoms with Crippen molar-refractivity contribution in [3.63, 3.8) is 0 Å². The van der Waals surface area contributed by atoms with Gasteiger partial charge in [0.25, 0.3) is 0 Å². The van der Waals surface area contributed by atoms with E-state index in [1.807, 2.05) is 30.3 Å². The first-order valence-electron chi connectivity index (χ1n) is 9.57. The molecule has 0 saturated heterocycles. The normalized spacial score (nSPS) is 15.2. The first-order valence-corrected chi connectivity index (χ1v) is 9.57. The van der Waals surface area contributed by atoms with E-state index in [9.17, 15) is 4.79 Å². The van der Waals surface area contributed by atoms with Gasteiger partial charge in [-0.3, -0.25) is 4.79 Å². The molecule has 9 heteroatoms. The predicted molar refractivity (Wildman–Crippen MR) is 115 cm³/mol. The van der Waals surface area contributed by atoms with Gasteiger partial charge in [-0.05, 0) is 43.3 Å². The predicted octanol–water partition coefficient (Wildman–Crippen LogP) is 2.75. The Balaban J connectivity index is 1.87. The van der Waals surface area contributed by atoms with Crippen LogP contribution in [0.5, 0.6) is 17.2 Å². The van der Waals surface area contributed by atoms with Crippen LogP contribution in [0.4, 0.5) is 5.95 Å². The molecular weight excluding hydrogens is 398 g/mol. The molecule has 160 valence electrons. The summed E-state index contributed by atoms with van der Waals surface area (Å²) >= 11 is 0. The molecule has 1 aromatic heterocycles. The maximum absolute atomic E-state index is 12.4. The molecule has 2 aromatic carbocycles. The number of nitrogens with two attached hydrogens (primary N) is 1. The first kappa shape index (κ1) is 20.3. The molecule has 0 fully saturated rings. The van der Waals surface area contributed by atoms with Gasteiger partial charge < -0.3 is 25.3 Å². The smallest absolute Gasteiger partial charge is 0.248 e. The van der Waals surface area contributed by atoms with E-state index in [2.05, 4.69) is 10.3 Å².